The van der Waals surface area contributed by atoms with Crippen LogP contribution in [-0.2, 0) is 13.1 Å². The average Bonchev–Trinajstić information content (AvgIpc) is 2.88. The van der Waals surface area contributed by atoms with Crippen LogP contribution in [0.4, 0.5) is 0 Å². The van der Waals surface area contributed by atoms with Gasteiger partial charge in [0.05, 0.1) is 23.9 Å². The number of benzene rings is 1. The molecular formula is C18H27IN4OS. The molecule has 0 bridgehead atoms. The maximum atomic E-state index is 5.48. The van der Waals surface area contributed by atoms with E-state index in [0.717, 1.165) is 35.5 Å². The van der Waals surface area contributed by atoms with Crippen LogP contribution in [0.2, 0.25) is 0 Å². The topological polar surface area (TPSA) is 49.8 Å². The molecule has 1 heterocycles. The maximum Gasteiger partial charge on any atom is 0.193 e. The van der Waals surface area contributed by atoms with Crippen molar-refractivity contribution in [2.75, 3.05) is 20.7 Å². The fourth-order valence-electron chi connectivity index (χ4n) is 2.49. The number of rotatable bonds is 6. The Morgan fingerprint density at radius 1 is 1.28 bits per heavy atom. The zero-order chi connectivity index (χ0) is 17.5. The Kier molecular flexibility index (Phi) is 9.20. The van der Waals surface area contributed by atoms with Crippen molar-refractivity contribution < 1.29 is 4.74 Å². The summed E-state index contributed by atoms with van der Waals surface area (Å²) in [7, 11) is 3.85. The number of thiazole rings is 1. The number of ether oxygens (including phenoxy) is 1. The molecule has 1 N–H and O–H groups in total. The Balaban J connectivity index is 0.00000312. The van der Waals surface area contributed by atoms with Gasteiger partial charge in [-0.05, 0) is 38.5 Å². The highest BCUT2D eigenvalue weighted by molar-refractivity contribution is 14.0. The van der Waals surface area contributed by atoms with E-state index >= 15 is 0 Å². The van der Waals surface area contributed by atoms with Crippen LogP contribution in [0.15, 0.2) is 29.3 Å². The lowest BCUT2D eigenvalue weighted by atomic mass is 10.2. The summed E-state index contributed by atoms with van der Waals surface area (Å²) in [5.74, 6) is 1.77. The van der Waals surface area contributed by atoms with Gasteiger partial charge in [-0.25, -0.2) is 4.98 Å². The Morgan fingerprint density at radius 3 is 2.48 bits per heavy atom. The van der Waals surface area contributed by atoms with Crippen LogP contribution in [0.25, 0.3) is 0 Å². The van der Waals surface area contributed by atoms with Gasteiger partial charge in [-0.15, -0.1) is 35.3 Å². The van der Waals surface area contributed by atoms with Crippen molar-refractivity contribution in [3.05, 3.63) is 45.4 Å². The molecule has 0 spiro atoms. The molecule has 5 nitrogen and oxygen atoms in total. The van der Waals surface area contributed by atoms with Gasteiger partial charge < -0.3 is 15.0 Å². The van der Waals surface area contributed by atoms with Gasteiger partial charge in [0.15, 0.2) is 5.96 Å². The van der Waals surface area contributed by atoms with Gasteiger partial charge in [-0.1, -0.05) is 12.1 Å². The van der Waals surface area contributed by atoms with E-state index in [0.29, 0.717) is 6.61 Å². The number of hydrogen-bond donors (Lipinski definition) is 1. The van der Waals surface area contributed by atoms with Crippen LogP contribution in [0.5, 0.6) is 5.75 Å². The first-order chi connectivity index (χ1) is 11.5. The molecule has 0 aliphatic carbocycles. The molecule has 2 aromatic rings. The first-order valence-electron chi connectivity index (χ1n) is 8.10. The Bertz CT molecular complexity index is 685. The third kappa shape index (κ3) is 6.47. The molecule has 25 heavy (non-hydrogen) atoms. The zero-order valence-corrected chi connectivity index (χ0v) is 18.6. The summed E-state index contributed by atoms with van der Waals surface area (Å²) in [6.07, 6.45) is 0. The highest BCUT2D eigenvalue weighted by Crippen LogP contribution is 2.17. The number of aromatic nitrogens is 1. The molecule has 0 amide bonds. The van der Waals surface area contributed by atoms with E-state index in [1.165, 1.54) is 10.4 Å². The summed E-state index contributed by atoms with van der Waals surface area (Å²) in [4.78, 5) is 12.2. The fraction of sp³-hybridized carbons (Fsp3) is 0.444. The summed E-state index contributed by atoms with van der Waals surface area (Å²) in [5.41, 5.74) is 2.31. The minimum atomic E-state index is 0. The number of aliphatic imine (C=N–C) groups is 1. The van der Waals surface area contributed by atoms with Gasteiger partial charge >= 0.3 is 0 Å². The molecular weight excluding hydrogens is 447 g/mol. The summed E-state index contributed by atoms with van der Waals surface area (Å²) >= 11 is 1.73. The van der Waals surface area contributed by atoms with Gasteiger partial charge in [0, 0.05) is 25.5 Å². The highest BCUT2D eigenvalue weighted by Gasteiger charge is 2.09. The Morgan fingerprint density at radius 2 is 1.96 bits per heavy atom. The second-order valence-corrected chi connectivity index (χ2v) is 6.86. The standard InChI is InChI=1S/C18H26N4OS.HI/c1-6-23-16-9-7-15(8-10-16)12-22(5)18(19-4)20-11-17-13(2)21-14(3)24-17;/h7-10H,6,11-12H2,1-5H3,(H,19,20);1H. The molecule has 0 unspecified atom stereocenters. The Labute approximate surface area is 171 Å². The van der Waals surface area contributed by atoms with Gasteiger partial charge in [-0.2, -0.15) is 0 Å². The van der Waals surface area contributed by atoms with Crippen molar-refractivity contribution in [3.63, 3.8) is 0 Å². The van der Waals surface area contributed by atoms with Crippen LogP contribution >= 0.6 is 35.3 Å². The molecule has 7 heteroatoms. The second-order valence-electron chi connectivity index (χ2n) is 5.58. The number of halogens is 1. The minimum Gasteiger partial charge on any atom is -0.494 e. The third-order valence-corrected chi connectivity index (χ3v) is 4.71. The van der Waals surface area contributed by atoms with Gasteiger partial charge in [0.1, 0.15) is 5.75 Å². The average molecular weight is 474 g/mol. The second kappa shape index (κ2) is 10.6. The Hall–Kier alpha value is -1.35. The number of hydrogen-bond acceptors (Lipinski definition) is 4. The first-order valence-corrected chi connectivity index (χ1v) is 8.91. The van der Waals surface area contributed by atoms with E-state index in [2.05, 4.69) is 32.3 Å². The molecule has 0 aliphatic rings. The summed E-state index contributed by atoms with van der Waals surface area (Å²) in [5, 5.41) is 4.51. The maximum absolute atomic E-state index is 5.48. The molecule has 0 saturated carbocycles. The van der Waals surface area contributed by atoms with Crippen molar-refractivity contribution >= 4 is 41.3 Å². The molecule has 0 radical (unpaired) electrons. The lowest BCUT2D eigenvalue weighted by Gasteiger charge is -2.22. The van der Waals surface area contributed by atoms with Crippen molar-refractivity contribution in [2.24, 2.45) is 4.99 Å². The predicted octanol–water partition coefficient (Wildman–Crippen LogP) is 3.98. The summed E-state index contributed by atoms with van der Waals surface area (Å²) < 4.78 is 5.48. The molecule has 0 saturated heterocycles. The first kappa shape index (κ1) is 21.7. The number of aryl methyl sites for hydroxylation is 2. The lowest BCUT2D eigenvalue weighted by Crippen LogP contribution is -2.38. The van der Waals surface area contributed by atoms with E-state index in [1.807, 2.05) is 47.0 Å². The van der Waals surface area contributed by atoms with Crippen molar-refractivity contribution in [1.82, 2.24) is 15.2 Å². The summed E-state index contributed by atoms with van der Waals surface area (Å²) in [6.45, 7) is 8.29. The number of nitrogens with zero attached hydrogens (tertiary/aromatic N) is 3. The van der Waals surface area contributed by atoms with Gasteiger partial charge in [0.2, 0.25) is 0 Å². The van der Waals surface area contributed by atoms with E-state index in [-0.39, 0.29) is 24.0 Å². The van der Waals surface area contributed by atoms with E-state index in [1.54, 1.807) is 11.3 Å². The fourth-order valence-corrected chi connectivity index (χ4v) is 3.36. The van der Waals surface area contributed by atoms with Crippen LogP contribution in [0.3, 0.4) is 0 Å². The van der Waals surface area contributed by atoms with Crippen LogP contribution in [0.1, 0.15) is 28.1 Å². The smallest absolute Gasteiger partial charge is 0.193 e. The van der Waals surface area contributed by atoms with Crippen molar-refractivity contribution in [1.29, 1.82) is 0 Å². The van der Waals surface area contributed by atoms with E-state index in [4.69, 9.17) is 4.74 Å². The zero-order valence-electron chi connectivity index (χ0n) is 15.5. The number of guanidine groups is 1. The molecule has 1 aromatic heterocycles. The molecule has 0 aliphatic heterocycles. The van der Waals surface area contributed by atoms with Gasteiger partial charge in [-0.3, -0.25) is 4.99 Å². The SMILES string of the molecule is CCOc1ccc(CN(C)C(=NC)NCc2sc(C)nc2C)cc1.I. The molecule has 0 fully saturated rings. The quantitative estimate of drug-likeness (QED) is 0.391. The van der Waals surface area contributed by atoms with Crippen molar-refractivity contribution in [3.8, 4) is 5.75 Å². The third-order valence-electron chi connectivity index (χ3n) is 3.63. The number of nitrogens with one attached hydrogen (secondary N) is 1. The van der Waals surface area contributed by atoms with Crippen LogP contribution < -0.4 is 10.1 Å². The van der Waals surface area contributed by atoms with Crippen LogP contribution in [-0.4, -0.2) is 36.5 Å². The van der Waals surface area contributed by atoms with E-state index in [9.17, 15) is 0 Å². The largest absolute Gasteiger partial charge is 0.494 e. The monoisotopic (exact) mass is 474 g/mol. The molecule has 138 valence electrons. The normalized spacial score (nSPS) is 11.0. The summed E-state index contributed by atoms with van der Waals surface area (Å²) in [6, 6.07) is 8.19. The van der Waals surface area contributed by atoms with E-state index < -0.39 is 0 Å². The minimum absolute atomic E-state index is 0. The van der Waals surface area contributed by atoms with Crippen molar-refractivity contribution in [2.45, 2.75) is 33.9 Å². The predicted molar refractivity (Wildman–Crippen MR) is 116 cm³/mol. The lowest BCUT2D eigenvalue weighted by molar-refractivity contribution is 0.340. The molecule has 2 rings (SSSR count). The van der Waals surface area contributed by atoms with Gasteiger partial charge in [0.25, 0.3) is 0 Å². The van der Waals surface area contributed by atoms with Crippen LogP contribution in [0, 0.1) is 13.8 Å². The molecule has 0 atom stereocenters. The molecule has 1 aromatic carbocycles. The highest BCUT2D eigenvalue weighted by atomic mass is 127.